The third-order valence-corrected chi connectivity index (χ3v) is 7.15. The summed E-state index contributed by atoms with van der Waals surface area (Å²) in [5.41, 5.74) is 6.11. The molecule has 0 aliphatic heterocycles. The van der Waals surface area contributed by atoms with Crippen molar-refractivity contribution < 1.29 is 4.79 Å². The number of aromatic nitrogens is 2. The minimum Gasteiger partial charge on any atom is -0.324 e. The molecule has 1 heterocycles. The van der Waals surface area contributed by atoms with Crippen LogP contribution in [0.5, 0.6) is 0 Å². The minimum atomic E-state index is -0.497. The molecule has 38 heavy (non-hydrogen) atoms. The van der Waals surface area contributed by atoms with Gasteiger partial charge in [-0.15, -0.1) is 0 Å². The highest BCUT2D eigenvalue weighted by molar-refractivity contribution is 5.94. The lowest BCUT2D eigenvalue weighted by atomic mass is 10.1. The highest BCUT2D eigenvalue weighted by Crippen LogP contribution is 2.27. The van der Waals surface area contributed by atoms with E-state index in [1.54, 1.807) is 15.5 Å². The van der Waals surface area contributed by atoms with E-state index >= 15 is 0 Å². The third kappa shape index (κ3) is 4.88. The van der Waals surface area contributed by atoms with Gasteiger partial charge in [0.15, 0.2) is 0 Å². The second-order valence-corrected chi connectivity index (χ2v) is 9.86. The average molecular weight is 502 g/mol. The van der Waals surface area contributed by atoms with Gasteiger partial charge in [-0.05, 0) is 80.8 Å². The minimum absolute atomic E-state index is 0.115. The van der Waals surface area contributed by atoms with Gasteiger partial charge in [0.2, 0.25) is 0 Å². The van der Waals surface area contributed by atoms with Crippen LogP contribution < -0.4 is 5.56 Å². The van der Waals surface area contributed by atoms with Gasteiger partial charge in [-0.1, -0.05) is 66.2 Å². The number of rotatable bonds is 6. The maximum atomic E-state index is 14.0. The SMILES string of the molecule is Cc1ccc(C(=O)N(Cc2ccccc2)C(C)c2nc3ccccc3c(=O)n2-c2ccc(C)c(C)c2)cc1. The van der Waals surface area contributed by atoms with Gasteiger partial charge in [0.05, 0.1) is 22.6 Å². The molecule has 0 saturated heterocycles. The Hall–Kier alpha value is -4.51. The van der Waals surface area contributed by atoms with Crippen molar-refractivity contribution in [2.24, 2.45) is 0 Å². The van der Waals surface area contributed by atoms with E-state index in [0.29, 0.717) is 28.8 Å². The Labute approximate surface area is 223 Å². The predicted molar refractivity (Wildman–Crippen MR) is 153 cm³/mol. The fraction of sp³-hybridized carbons (Fsp3) is 0.182. The fourth-order valence-corrected chi connectivity index (χ4v) is 4.71. The van der Waals surface area contributed by atoms with E-state index in [9.17, 15) is 9.59 Å². The van der Waals surface area contributed by atoms with Crippen LogP contribution >= 0.6 is 0 Å². The van der Waals surface area contributed by atoms with E-state index in [4.69, 9.17) is 4.98 Å². The number of aryl methyl sites for hydroxylation is 3. The first-order valence-corrected chi connectivity index (χ1v) is 12.8. The second-order valence-electron chi connectivity index (χ2n) is 9.86. The van der Waals surface area contributed by atoms with Crippen molar-refractivity contribution in [3.05, 3.63) is 141 Å². The topological polar surface area (TPSA) is 55.2 Å². The molecule has 0 spiro atoms. The van der Waals surface area contributed by atoms with Gasteiger partial charge in [-0.3, -0.25) is 14.2 Å². The van der Waals surface area contributed by atoms with E-state index in [1.165, 1.54) is 0 Å². The molecule has 4 aromatic carbocycles. The van der Waals surface area contributed by atoms with Crippen LogP contribution in [0.1, 0.15) is 51.4 Å². The van der Waals surface area contributed by atoms with Crippen molar-refractivity contribution in [2.75, 3.05) is 0 Å². The van der Waals surface area contributed by atoms with E-state index in [-0.39, 0.29) is 11.5 Å². The van der Waals surface area contributed by atoms with Gasteiger partial charge >= 0.3 is 0 Å². The number of benzene rings is 4. The number of carbonyl (C=O) groups is 1. The lowest BCUT2D eigenvalue weighted by molar-refractivity contribution is 0.0664. The predicted octanol–water partition coefficient (Wildman–Crippen LogP) is 6.71. The van der Waals surface area contributed by atoms with Crippen LogP contribution in [0.4, 0.5) is 0 Å². The molecule has 190 valence electrons. The molecule has 5 nitrogen and oxygen atoms in total. The standard InChI is InChI=1S/C33H31N3O2/c1-22-14-17-27(18-15-22)32(37)35(21-26-10-6-5-7-11-26)25(4)31-34-30-13-9-8-12-29(30)33(38)36(31)28-19-16-23(2)24(3)20-28/h5-20,25H,21H2,1-4H3. The molecule has 1 atom stereocenters. The molecule has 1 amide bonds. The molecular weight excluding hydrogens is 470 g/mol. The molecule has 5 rings (SSSR count). The number of fused-ring (bicyclic) bond motifs is 1. The zero-order chi connectivity index (χ0) is 26.8. The van der Waals surface area contributed by atoms with Crippen LogP contribution in [0.25, 0.3) is 16.6 Å². The van der Waals surface area contributed by atoms with Gasteiger partial charge in [0, 0.05) is 12.1 Å². The summed E-state index contributed by atoms with van der Waals surface area (Å²) < 4.78 is 1.67. The highest BCUT2D eigenvalue weighted by atomic mass is 16.2. The molecule has 5 aromatic rings. The smallest absolute Gasteiger partial charge is 0.266 e. The molecule has 1 aromatic heterocycles. The molecular formula is C33H31N3O2. The summed E-state index contributed by atoms with van der Waals surface area (Å²) in [4.78, 5) is 34.7. The monoisotopic (exact) mass is 501 g/mol. The quantitative estimate of drug-likeness (QED) is 0.260. The lowest BCUT2D eigenvalue weighted by Crippen LogP contribution is -2.37. The van der Waals surface area contributed by atoms with Crippen LogP contribution in [-0.2, 0) is 6.54 Å². The number of para-hydroxylation sites is 1. The summed E-state index contributed by atoms with van der Waals surface area (Å²) in [6, 6.07) is 30.3. The van der Waals surface area contributed by atoms with Gasteiger partial charge < -0.3 is 4.90 Å². The molecule has 0 aliphatic rings. The van der Waals surface area contributed by atoms with Crippen molar-refractivity contribution in [1.82, 2.24) is 14.5 Å². The fourth-order valence-electron chi connectivity index (χ4n) is 4.71. The first-order chi connectivity index (χ1) is 18.3. The number of hydrogen-bond acceptors (Lipinski definition) is 3. The first-order valence-electron chi connectivity index (χ1n) is 12.8. The molecule has 0 aliphatic carbocycles. The summed E-state index contributed by atoms with van der Waals surface area (Å²) in [5.74, 6) is 0.406. The Balaban J connectivity index is 1.71. The second kappa shape index (κ2) is 10.5. The number of nitrogens with zero attached hydrogens (tertiary/aromatic N) is 3. The van der Waals surface area contributed by atoms with Gasteiger partial charge in [-0.25, -0.2) is 4.98 Å². The van der Waals surface area contributed by atoms with Gasteiger partial charge in [0.1, 0.15) is 5.82 Å². The molecule has 0 fully saturated rings. The first kappa shape index (κ1) is 25.2. The maximum absolute atomic E-state index is 14.0. The summed E-state index contributed by atoms with van der Waals surface area (Å²) in [6.45, 7) is 8.41. The van der Waals surface area contributed by atoms with Crippen molar-refractivity contribution in [2.45, 2.75) is 40.3 Å². The van der Waals surface area contributed by atoms with Crippen molar-refractivity contribution in [3.63, 3.8) is 0 Å². The Morgan fingerprint density at radius 3 is 2.24 bits per heavy atom. The van der Waals surface area contributed by atoms with Crippen LogP contribution in [0.15, 0.2) is 102 Å². The summed E-state index contributed by atoms with van der Waals surface area (Å²) in [6.07, 6.45) is 0. The third-order valence-electron chi connectivity index (χ3n) is 7.15. The average Bonchev–Trinajstić information content (AvgIpc) is 2.93. The molecule has 0 bridgehead atoms. The Morgan fingerprint density at radius 1 is 0.842 bits per heavy atom. The number of amides is 1. The lowest BCUT2D eigenvalue weighted by Gasteiger charge is -2.31. The maximum Gasteiger partial charge on any atom is 0.266 e. The Kier molecular flexibility index (Phi) is 6.93. The van der Waals surface area contributed by atoms with E-state index in [0.717, 1.165) is 27.9 Å². The van der Waals surface area contributed by atoms with Gasteiger partial charge in [0.25, 0.3) is 11.5 Å². The number of carbonyl (C=O) groups excluding carboxylic acids is 1. The molecule has 0 saturated carbocycles. The van der Waals surface area contributed by atoms with Gasteiger partial charge in [-0.2, -0.15) is 0 Å². The Morgan fingerprint density at radius 2 is 1.53 bits per heavy atom. The van der Waals surface area contributed by atoms with E-state index in [1.807, 2.05) is 119 Å². The van der Waals surface area contributed by atoms with Crippen LogP contribution in [0.3, 0.4) is 0 Å². The molecule has 0 N–H and O–H groups in total. The summed E-state index contributed by atoms with van der Waals surface area (Å²) in [7, 11) is 0. The van der Waals surface area contributed by atoms with E-state index in [2.05, 4.69) is 0 Å². The highest BCUT2D eigenvalue weighted by Gasteiger charge is 2.28. The summed E-state index contributed by atoms with van der Waals surface area (Å²) in [5, 5.41) is 0.543. The van der Waals surface area contributed by atoms with Crippen LogP contribution in [-0.4, -0.2) is 20.4 Å². The zero-order valence-corrected chi connectivity index (χ0v) is 22.2. The summed E-state index contributed by atoms with van der Waals surface area (Å²) >= 11 is 0. The van der Waals surface area contributed by atoms with E-state index < -0.39 is 6.04 Å². The van der Waals surface area contributed by atoms with Crippen LogP contribution in [0, 0.1) is 20.8 Å². The molecule has 5 heteroatoms. The van der Waals surface area contributed by atoms with Crippen LogP contribution in [0.2, 0.25) is 0 Å². The largest absolute Gasteiger partial charge is 0.324 e. The van der Waals surface area contributed by atoms with Crippen molar-refractivity contribution in [3.8, 4) is 5.69 Å². The van der Waals surface area contributed by atoms with Crippen molar-refractivity contribution in [1.29, 1.82) is 0 Å². The van der Waals surface area contributed by atoms with Crippen molar-refractivity contribution >= 4 is 16.8 Å². The normalized spacial score (nSPS) is 11.9. The zero-order valence-electron chi connectivity index (χ0n) is 22.2. The molecule has 0 radical (unpaired) electrons. The Bertz CT molecular complexity index is 1670. The number of hydrogen-bond donors (Lipinski definition) is 0. The molecule has 1 unspecified atom stereocenters.